The number of nitrogens with one attached hydrogen (secondary N) is 1. The molecule has 1 heterocycles. The molecule has 1 fully saturated rings. The van der Waals surface area contributed by atoms with Gasteiger partial charge in [-0.05, 0) is 18.8 Å². The molecule has 0 spiro atoms. The topological polar surface area (TPSA) is 79.3 Å². The van der Waals surface area contributed by atoms with Crippen LogP contribution in [0.3, 0.4) is 0 Å². The monoisotopic (exact) mass is 254 g/mol. The Morgan fingerprint density at radius 2 is 2.18 bits per heavy atom. The van der Waals surface area contributed by atoms with Crippen LogP contribution in [0.15, 0.2) is 5.38 Å². The van der Waals surface area contributed by atoms with Crippen LogP contribution in [-0.2, 0) is 0 Å². The first-order valence-corrected chi connectivity index (χ1v) is 6.52. The fourth-order valence-electron chi connectivity index (χ4n) is 2.00. The molecule has 0 radical (unpaired) electrons. The quantitative estimate of drug-likeness (QED) is 0.858. The summed E-state index contributed by atoms with van der Waals surface area (Å²) in [4.78, 5) is 26.1. The molecule has 0 atom stereocenters. The number of hydrogen-bond acceptors (Lipinski definition) is 4. The van der Waals surface area contributed by atoms with Gasteiger partial charge >= 0.3 is 5.97 Å². The lowest BCUT2D eigenvalue weighted by atomic mass is 10.1. The molecule has 5 nitrogen and oxygen atoms in total. The van der Waals surface area contributed by atoms with Crippen molar-refractivity contribution in [2.24, 2.45) is 5.92 Å². The van der Waals surface area contributed by atoms with Crippen LogP contribution in [0.25, 0.3) is 0 Å². The van der Waals surface area contributed by atoms with E-state index in [9.17, 15) is 9.59 Å². The number of carbonyl (C=O) groups excluding carboxylic acids is 1. The minimum absolute atomic E-state index is 0.0685. The number of carbonyl (C=O) groups is 2. The molecule has 1 aliphatic rings. The van der Waals surface area contributed by atoms with Crippen molar-refractivity contribution in [1.82, 2.24) is 10.3 Å². The predicted molar refractivity (Wildman–Crippen MR) is 63.4 cm³/mol. The van der Waals surface area contributed by atoms with Crippen LogP contribution >= 0.6 is 11.3 Å². The number of carboxylic acid groups (broad SMARTS) is 1. The Hall–Kier alpha value is -1.43. The van der Waals surface area contributed by atoms with Gasteiger partial charge in [0.25, 0.3) is 5.91 Å². The summed E-state index contributed by atoms with van der Waals surface area (Å²) in [6, 6.07) is 0. The Kier molecular flexibility index (Phi) is 3.73. The van der Waals surface area contributed by atoms with Gasteiger partial charge in [-0.2, -0.15) is 0 Å². The van der Waals surface area contributed by atoms with Gasteiger partial charge in [-0.15, -0.1) is 11.3 Å². The first kappa shape index (κ1) is 12.0. The van der Waals surface area contributed by atoms with E-state index in [2.05, 4.69) is 10.3 Å². The van der Waals surface area contributed by atoms with E-state index in [-0.39, 0.29) is 16.6 Å². The lowest BCUT2D eigenvalue weighted by Crippen LogP contribution is -2.28. The maximum atomic E-state index is 11.7. The zero-order valence-corrected chi connectivity index (χ0v) is 10.1. The van der Waals surface area contributed by atoms with Crippen molar-refractivity contribution in [2.75, 3.05) is 6.54 Å². The molecular formula is C11H14N2O3S. The van der Waals surface area contributed by atoms with Crippen LogP contribution in [0.4, 0.5) is 0 Å². The number of aromatic nitrogens is 1. The zero-order chi connectivity index (χ0) is 12.3. The van der Waals surface area contributed by atoms with Crippen LogP contribution < -0.4 is 5.32 Å². The third kappa shape index (κ3) is 3.03. The van der Waals surface area contributed by atoms with Gasteiger partial charge in [-0.1, -0.05) is 12.8 Å². The molecule has 2 rings (SSSR count). The van der Waals surface area contributed by atoms with Crippen molar-refractivity contribution in [1.29, 1.82) is 0 Å². The van der Waals surface area contributed by atoms with Gasteiger partial charge in [0, 0.05) is 11.9 Å². The smallest absolute Gasteiger partial charge is 0.355 e. The van der Waals surface area contributed by atoms with Crippen molar-refractivity contribution < 1.29 is 14.7 Å². The van der Waals surface area contributed by atoms with Gasteiger partial charge in [0.2, 0.25) is 0 Å². The summed E-state index contributed by atoms with van der Waals surface area (Å²) in [6.45, 7) is 0.667. The van der Waals surface area contributed by atoms with Gasteiger partial charge in [-0.3, -0.25) is 4.79 Å². The number of rotatable bonds is 4. The minimum Gasteiger partial charge on any atom is -0.476 e. The van der Waals surface area contributed by atoms with E-state index in [0.29, 0.717) is 12.5 Å². The molecule has 0 saturated heterocycles. The Morgan fingerprint density at radius 3 is 2.76 bits per heavy atom. The maximum absolute atomic E-state index is 11.7. The summed E-state index contributed by atoms with van der Waals surface area (Å²) in [6.07, 6.45) is 4.80. The van der Waals surface area contributed by atoms with Crippen LogP contribution in [0, 0.1) is 5.92 Å². The number of aromatic carboxylic acids is 1. The Labute approximate surface area is 103 Å². The Bertz CT molecular complexity index is 424. The maximum Gasteiger partial charge on any atom is 0.355 e. The number of nitrogens with zero attached hydrogens (tertiary/aromatic N) is 1. The SMILES string of the molecule is O=C(O)c1csc(C(=O)NCC2CCCC2)n1. The summed E-state index contributed by atoms with van der Waals surface area (Å²) in [7, 11) is 0. The third-order valence-electron chi connectivity index (χ3n) is 2.94. The van der Waals surface area contributed by atoms with Crippen molar-refractivity contribution in [3.05, 3.63) is 16.1 Å². The number of thiazole rings is 1. The summed E-state index contributed by atoms with van der Waals surface area (Å²) in [5.41, 5.74) is -0.0685. The molecule has 1 amide bonds. The normalized spacial score (nSPS) is 16.0. The van der Waals surface area contributed by atoms with Crippen LogP contribution in [-0.4, -0.2) is 28.5 Å². The summed E-state index contributed by atoms with van der Waals surface area (Å²) < 4.78 is 0. The third-order valence-corrected chi connectivity index (χ3v) is 3.78. The first-order valence-electron chi connectivity index (χ1n) is 5.64. The standard InChI is InChI=1S/C11H14N2O3S/c14-9(12-5-7-3-1-2-4-7)10-13-8(6-17-10)11(15)16/h6-7H,1-5H2,(H,12,14)(H,15,16). The summed E-state index contributed by atoms with van der Waals surface area (Å²) in [5.74, 6) is -0.802. The Morgan fingerprint density at radius 1 is 1.47 bits per heavy atom. The number of hydrogen-bond donors (Lipinski definition) is 2. The van der Waals surface area contributed by atoms with Crippen LogP contribution in [0.5, 0.6) is 0 Å². The summed E-state index contributed by atoms with van der Waals surface area (Å²) >= 11 is 1.06. The van der Waals surface area contributed by atoms with E-state index in [4.69, 9.17) is 5.11 Å². The van der Waals surface area contributed by atoms with Crippen molar-refractivity contribution >= 4 is 23.2 Å². The van der Waals surface area contributed by atoms with E-state index in [1.54, 1.807) is 0 Å². The number of amides is 1. The Balaban J connectivity index is 1.87. The fraction of sp³-hybridized carbons (Fsp3) is 0.545. The highest BCUT2D eigenvalue weighted by atomic mass is 32.1. The van der Waals surface area contributed by atoms with Crippen molar-refractivity contribution in [3.8, 4) is 0 Å². The molecule has 0 aliphatic heterocycles. The molecule has 0 bridgehead atoms. The molecule has 0 unspecified atom stereocenters. The minimum atomic E-state index is -1.10. The highest BCUT2D eigenvalue weighted by molar-refractivity contribution is 7.11. The van der Waals surface area contributed by atoms with E-state index in [0.717, 1.165) is 11.3 Å². The predicted octanol–water partition coefficient (Wildman–Crippen LogP) is 1.76. The number of carboxylic acids is 1. The van der Waals surface area contributed by atoms with Gasteiger partial charge in [0.15, 0.2) is 10.7 Å². The molecule has 17 heavy (non-hydrogen) atoms. The molecule has 92 valence electrons. The van der Waals surface area contributed by atoms with E-state index >= 15 is 0 Å². The van der Waals surface area contributed by atoms with E-state index < -0.39 is 5.97 Å². The largest absolute Gasteiger partial charge is 0.476 e. The average molecular weight is 254 g/mol. The second-order valence-electron chi connectivity index (χ2n) is 4.20. The molecule has 1 aromatic rings. The highest BCUT2D eigenvalue weighted by Gasteiger charge is 2.18. The molecule has 1 saturated carbocycles. The van der Waals surface area contributed by atoms with Gasteiger partial charge in [0.05, 0.1) is 0 Å². The average Bonchev–Trinajstić information content (AvgIpc) is 2.96. The zero-order valence-electron chi connectivity index (χ0n) is 9.31. The molecule has 0 aromatic carbocycles. The van der Waals surface area contributed by atoms with E-state index in [1.807, 2.05) is 0 Å². The summed E-state index contributed by atoms with van der Waals surface area (Å²) in [5, 5.41) is 13.1. The lowest BCUT2D eigenvalue weighted by Gasteiger charge is -2.08. The van der Waals surface area contributed by atoms with Gasteiger partial charge < -0.3 is 10.4 Å². The van der Waals surface area contributed by atoms with E-state index in [1.165, 1.54) is 31.1 Å². The van der Waals surface area contributed by atoms with Gasteiger partial charge in [0.1, 0.15) is 0 Å². The van der Waals surface area contributed by atoms with Crippen LogP contribution in [0.2, 0.25) is 0 Å². The van der Waals surface area contributed by atoms with Gasteiger partial charge in [-0.25, -0.2) is 9.78 Å². The highest BCUT2D eigenvalue weighted by Crippen LogP contribution is 2.23. The molecule has 2 N–H and O–H groups in total. The second kappa shape index (κ2) is 5.27. The lowest BCUT2D eigenvalue weighted by molar-refractivity contribution is 0.0691. The van der Waals surface area contributed by atoms with Crippen molar-refractivity contribution in [2.45, 2.75) is 25.7 Å². The molecule has 1 aromatic heterocycles. The molecular weight excluding hydrogens is 240 g/mol. The first-order chi connectivity index (χ1) is 8.16. The van der Waals surface area contributed by atoms with Crippen LogP contribution in [0.1, 0.15) is 46.0 Å². The molecule has 1 aliphatic carbocycles. The second-order valence-corrected chi connectivity index (χ2v) is 5.06. The fourth-order valence-corrected chi connectivity index (χ4v) is 2.71. The van der Waals surface area contributed by atoms with Crippen molar-refractivity contribution in [3.63, 3.8) is 0 Å². The molecule has 6 heteroatoms.